The first-order chi connectivity index (χ1) is 29.1. The zero-order valence-electron chi connectivity index (χ0n) is 34.8. The van der Waals surface area contributed by atoms with E-state index in [1.165, 1.54) is 18.9 Å². The van der Waals surface area contributed by atoms with Crippen molar-refractivity contribution >= 4 is 28.4 Å². The van der Waals surface area contributed by atoms with Gasteiger partial charge in [0.15, 0.2) is 0 Å². The third-order valence-corrected chi connectivity index (χ3v) is 10.0. The van der Waals surface area contributed by atoms with Crippen molar-refractivity contribution in [2.45, 2.75) is 59.3 Å². The highest BCUT2D eigenvalue weighted by atomic mass is 19.3. The van der Waals surface area contributed by atoms with Gasteiger partial charge in [-0.1, -0.05) is 31.2 Å². The molecule has 0 amide bonds. The lowest BCUT2D eigenvalue weighted by atomic mass is 9.98. The highest BCUT2D eigenvalue weighted by Crippen LogP contribution is 2.49. The van der Waals surface area contributed by atoms with Crippen LogP contribution in [0.25, 0.3) is 11.1 Å². The average molecular weight is 842 g/mol. The lowest BCUT2D eigenvalue weighted by Gasteiger charge is -2.14. The third-order valence-electron chi connectivity index (χ3n) is 10.0. The van der Waals surface area contributed by atoms with E-state index >= 15 is 0 Å². The summed E-state index contributed by atoms with van der Waals surface area (Å²) in [4.78, 5) is 32.6. The minimum Gasteiger partial charge on any atom is -0.475 e. The average Bonchev–Trinajstić information content (AvgIpc) is 3.97. The van der Waals surface area contributed by atoms with Crippen molar-refractivity contribution in [3.05, 3.63) is 87.0 Å². The molecule has 0 atom stereocenters. The van der Waals surface area contributed by atoms with Crippen molar-refractivity contribution in [2.24, 2.45) is 5.41 Å². The van der Waals surface area contributed by atoms with Crippen LogP contribution in [0.3, 0.4) is 0 Å². The summed E-state index contributed by atoms with van der Waals surface area (Å²) >= 11 is 0. The number of aryl methyl sites for hydroxylation is 2. The van der Waals surface area contributed by atoms with E-state index in [1.54, 1.807) is 12.1 Å². The maximum Gasteiger partial charge on any atom is 0.340 e. The number of nitrogens with zero attached hydrogens (tertiary/aromatic N) is 2. The van der Waals surface area contributed by atoms with Gasteiger partial charge in [-0.25, -0.2) is 18.4 Å². The fraction of sp³-hybridized carbons (Fsp3) is 0.545. The number of rotatable bonds is 30. The number of carbonyl (C=O) groups excluding carboxylic acids is 1. The maximum atomic E-state index is 13.5. The number of nitrogens with one attached hydrogen (secondary N) is 1. The number of hydrogen-bond donors (Lipinski definition) is 1. The van der Waals surface area contributed by atoms with E-state index in [1.807, 2.05) is 44.2 Å². The smallest absolute Gasteiger partial charge is 0.340 e. The molecular formula is C44H57F2N3O11. The second-order valence-corrected chi connectivity index (χ2v) is 14.7. The minimum atomic E-state index is -2.96. The third kappa shape index (κ3) is 15.5. The molecule has 1 saturated carbocycles. The maximum absolute atomic E-state index is 13.5. The summed E-state index contributed by atoms with van der Waals surface area (Å²) in [5, 5.41) is 3.68. The molecule has 1 aliphatic rings. The molecule has 1 fully saturated rings. The van der Waals surface area contributed by atoms with Crippen LogP contribution in [0.1, 0.15) is 71.9 Å². The van der Waals surface area contributed by atoms with E-state index in [2.05, 4.69) is 22.2 Å². The van der Waals surface area contributed by atoms with Gasteiger partial charge in [0.25, 0.3) is 6.43 Å². The summed E-state index contributed by atoms with van der Waals surface area (Å²) < 4.78 is 76.6. The van der Waals surface area contributed by atoms with Crippen LogP contribution in [-0.4, -0.2) is 108 Å². The number of anilines is 2. The number of halogens is 2. The Bertz CT molecular complexity index is 1990. The fourth-order valence-electron chi connectivity index (χ4n) is 6.16. The van der Waals surface area contributed by atoms with Crippen LogP contribution >= 0.6 is 0 Å². The molecule has 0 aliphatic heterocycles. The van der Waals surface area contributed by atoms with Gasteiger partial charge in [0, 0.05) is 11.8 Å². The Morgan fingerprint density at radius 3 is 1.93 bits per heavy atom. The van der Waals surface area contributed by atoms with Crippen molar-refractivity contribution in [2.75, 3.05) is 97.8 Å². The molecule has 0 spiro atoms. The van der Waals surface area contributed by atoms with E-state index in [0.717, 1.165) is 29.7 Å². The molecule has 16 heteroatoms. The van der Waals surface area contributed by atoms with Crippen molar-refractivity contribution < 1.29 is 55.9 Å². The second-order valence-electron chi connectivity index (χ2n) is 14.7. The fourth-order valence-corrected chi connectivity index (χ4v) is 6.16. The van der Waals surface area contributed by atoms with Crippen LogP contribution in [0, 0.1) is 19.3 Å². The van der Waals surface area contributed by atoms with Gasteiger partial charge in [0.2, 0.25) is 17.4 Å². The van der Waals surface area contributed by atoms with Crippen LogP contribution < -0.4 is 15.7 Å². The molecule has 2 aromatic carbocycles. The normalized spacial score (nSPS) is 13.2. The Balaban J connectivity index is 0.823. The minimum absolute atomic E-state index is 0.0383. The summed E-state index contributed by atoms with van der Waals surface area (Å²) in [5.41, 5.74) is 4.44. The summed E-state index contributed by atoms with van der Waals surface area (Å²) in [6.45, 7) is 10.6. The largest absolute Gasteiger partial charge is 0.475 e. The predicted octanol–water partition coefficient (Wildman–Crippen LogP) is 7.34. The predicted molar refractivity (Wildman–Crippen MR) is 220 cm³/mol. The van der Waals surface area contributed by atoms with Gasteiger partial charge in [-0.15, -0.1) is 0 Å². The first kappa shape index (κ1) is 46.5. The Morgan fingerprint density at radius 2 is 1.33 bits per heavy atom. The molecule has 1 N–H and O–H groups in total. The molecule has 1 aliphatic carbocycles. The number of esters is 1. The number of benzene rings is 2. The lowest BCUT2D eigenvalue weighted by molar-refractivity contribution is -0.0202. The molecule has 4 aromatic rings. The first-order valence-electron chi connectivity index (χ1n) is 20.4. The Hall–Kier alpha value is -4.58. The highest BCUT2D eigenvalue weighted by Gasteiger charge is 2.36. The van der Waals surface area contributed by atoms with Gasteiger partial charge >= 0.3 is 11.6 Å². The molecule has 5 rings (SSSR count). The molecule has 14 nitrogen and oxygen atoms in total. The van der Waals surface area contributed by atoms with Crippen LogP contribution in [0.4, 0.5) is 20.2 Å². The molecule has 0 radical (unpaired) electrons. The standard InChI is InChI=1S/C44H57F2N3O11/c1-31-8-6-12-35(32(31)2)47-36-11-5-4-10-34(36)43(51)59-29-27-57-25-23-55-21-19-53-17-16-52-18-20-54-22-24-56-26-28-58-41-38-33(9-7-13-44(3)14-15-44)30-37(50)60-42(38)49-40(48-41)39(45)46/h4-6,8,10-12,30,39,47H,7,9,13-29H2,1-3H3. The van der Waals surface area contributed by atoms with Gasteiger partial charge in [-0.3, -0.25) is 0 Å². The quantitative estimate of drug-likeness (QED) is 0.0411. The topological polar surface area (TPSA) is 159 Å². The van der Waals surface area contributed by atoms with Gasteiger partial charge in [-0.05, 0) is 86.3 Å². The summed E-state index contributed by atoms with van der Waals surface area (Å²) in [6, 6.07) is 14.6. The van der Waals surface area contributed by atoms with E-state index < -0.39 is 23.8 Å². The van der Waals surface area contributed by atoms with Crippen molar-refractivity contribution in [1.29, 1.82) is 0 Å². The Kier molecular flexibility index (Phi) is 19.1. The van der Waals surface area contributed by atoms with E-state index in [9.17, 15) is 18.4 Å². The number of para-hydroxylation sites is 1. The highest BCUT2D eigenvalue weighted by molar-refractivity contribution is 5.96. The van der Waals surface area contributed by atoms with Gasteiger partial charge in [0.05, 0.1) is 90.5 Å². The molecule has 0 unspecified atom stereocenters. The van der Waals surface area contributed by atoms with Crippen LogP contribution in [0.15, 0.2) is 57.7 Å². The van der Waals surface area contributed by atoms with Crippen molar-refractivity contribution in [3.8, 4) is 5.88 Å². The van der Waals surface area contributed by atoms with Crippen LogP contribution in [-0.2, 0) is 39.6 Å². The molecule has 328 valence electrons. The van der Waals surface area contributed by atoms with Crippen molar-refractivity contribution in [3.63, 3.8) is 0 Å². The zero-order chi connectivity index (χ0) is 42.6. The zero-order valence-corrected chi connectivity index (χ0v) is 34.8. The SMILES string of the molecule is Cc1cccc(Nc2ccccc2C(=O)OCCOCCOCCOCCOCCOCCOCCOc2nc(C(F)F)nc3oc(=O)cc(CCCC4(C)CC4)c23)c1C. The molecule has 60 heavy (non-hydrogen) atoms. The summed E-state index contributed by atoms with van der Waals surface area (Å²) in [5.74, 6) is -1.25. The number of ether oxygens (including phenoxy) is 8. The summed E-state index contributed by atoms with van der Waals surface area (Å²) in [6.07, 6.45) is 1.79. The van der Waals surface area contributed by atoms with Gasteiger partial charge < -0.3 is 47.6 Å². The monoisotopic (exact) mass is 841 g/mol. The number of alkyl halides is 2. The lowest BCUT2D eigenvalue weighted by Crippen LogP contribution is -2.16. The molecule has 2 aromatic heterocycles. The number of hydrogen-bond acceptors (Lipinski definition) is 14. The van der Waals surface area contributed by atoms with Crippen LogP contribution in [0.2, 0.25) is 0 Å². The van der Waals surface area contributed by atoms with E-state index in [0.29, 0.717) is 100 Å². The Morgan fingerprint density at radius 1 is 0.767 bits per heavy atom. The van der Waals surface area contributed by atoms with Crippen molar-refractivity contribution in [1.82, 2.24) is 9.97 Å². The van der Waals surface area contributed by atoms with E-state index in [-0.39, 0.29) is 38.0 Å². The molecule has 2 heterocycles. The van der Waals surface area contributed by atoms with Crippen LogP contribution in [0.5, 0.6) is 5.88 Å². The molecular weight excluding hydrogens is 784 g/mol. The van der Waals surface area contributed by atoms with E-state index in [4.69, 9.17) is 42.3 Å². The Labute approximate surface area is 349 Å². The summed E-state index contributed by atoms with van der Waals surface area (Å²) in [7, 11) is 0. The van der Waals surface area contributed by atoms with Gasteiger partial charge in [0.1, 0.15) is 18.6 Å². The first-order valence-corrected chi connectivity index (χ1v) is 20.4. The second kappa shape index (κ2) is 24.6. The molecule has 0 bridgehead atoms. The number of aromatic nitrogens is 2. The van der Waals surface area contributed by atoms with Gasteiger partial charge in [-0.2, -0.15) is 9.97 Å². The number of carbonyl (C=O) groups is 1. The molecule has 0 saturated heterocycles. The number of fused-ring (bicyclic) bond motifs is 1.